The van der Waals surface area contributed by atoms with Crippen LogP contribution in [0.15, 0.2) is 23.1 Å². The van der Waals surface area contributed by atoms with Gasteiger partial charge in [0.15, 0.2) is 0 Å². The highest BCUT2D eigenvalue weighted by atomic mass is 32.2. The summed E-state index contributed by atoms with van der Waals surface area (Å²) in [6.07, 6.45) is 1.84. The molecule has 3 N–H and O–H groups in total. The molecule has 1 aliphatic rings. The second kappa shape index (κ2) is 6.46. The number of carbonyl (C=O) groups is 1. The largest absolute Gasteiger partial charge is 0.496 e. The fraction of sp³-hybridized carbons (Fsp3) is 0.533. The van der Waals surface area contributed by atoms with Gasteiger partial charge in [-0.1, -0.05) is 6.92 Å². The minimum atomic E-state index is -3.89. The number of ether oxygens (including phenoxy) is 1. The lowest BCUT2D eigenvalue weighted by atomic mass is 10.1. The Labute approximate surface area is 136 Å². The summed E-state index contributed by atoms with van der Waals surface area (Å²) < 4.78 is 28.2. The normalized spacial score (nSPS) is 22.1. The lowest BCUT2D eigenvalue weighted by Crippen LogP contribution is -2.55. The first-order valence-corrected chi connectivity index (χ1v) is 9.04. The molecular formula is C15H23N3O4S. The molecule has 8 heteroatoms. The van der Waals surface area contributed by atoms with Gasteiger partial charge in [0, 0.05) is 6.54 Å². The van der Waals surface area contributed by atoms with Gasteiger partial charge in [-0.15, -0.1) is 0 Å². The van der Waals surface area contributed by atoms with Crippen molar-refractivity contribution >= 4 is 15.9 Å². The highest BCUT2D eigenvalue weighted by Crippen LogP contribution is 2.28. The molecule has 0 radical (unpaired) electrons. The monoisotopic (exact) mass is 341 g/mol. The van der Waals surface area contributed by atoms with Crippen LogP contribution in [0.3, 0.4) is 0 Å². The number of nitrogens with zero attached hydrogens (tertiary/aromatic N) is 1. The van der Waals surface area contributed by atoms with Crippen molar-refractivity contribution in [1.29, 1.82) is 0 Å². The van der Waals surface area contributed by atoms with E-state index in [9.17, 15) is 13.2 Å². The van der Waals surface area contributed by atoms with E-state index in [1.54, 1.807) is 0 Å². The van der Waals surface area contributed by atoms with Crippen LogP contribution in [0, 0.1) is 0 Å². The predicted molar refractivity (Wildman–Crippen MR) is 86.7 cm³/mol. The smallest absolute Gasteiger partial charge is 0.256 e. The van der Waals surface area contributed by atoms with Crippen molar-refractivity contribution in [3.8, 4) is 5.75 Å². The molecule has 23 heavy (non-hydrogen) atoms. The summed E-state index contributed by atoms with van der Waals surface area (Å²) in [6.45, 7) is 5.75. The number of nitrogens with two attached hydrogens (primary N) is 1. The Morgan fingerprint density at radius 1 is 1.48 bits per heavy atom. The number of hydrogen-bond donors (Lipinski definition) is 2. The topological polar surface area (TPSA) is 102 Å². The lowest BCUT2D eigenvalue weighted by Gasteiger charge is -2.35. The standard InChI is InChI=1S/C15H23N3O4S/c1-4-18-9-5-8-15(18,2)17-14(19)12-10-11(23(16,20)21)6-7-13(12)22-3/h6-7,10H,4-5,8-9H2,1-3H3,(H,17,19)(H2,16,20,21). The van der Waals surface area contributed by atoms with E-state index in [1.165, 1.54) is 25.3 Å². The molecule has 1 atom stereocenters. The van der Waals surface area contributed by atoms with Gasteiger partial charge >= 0.3 is 0 Å². The number of likely N-dealkylation sites (tertiary alicyclic amines) is 1. The van der Waals surface area contributed by atoms with Gasteiger partial charge < -0.3 is 10.1 Å². The second-order valence-corrected chi connectivity index (χ2v) is 7.38. The van der Waals surface area contributed by atoms with Gasteiger partial charge in [0.25, 0.3) is 5.91 Å². The highest BCUT2D eigenvalue weighted by Gasteiger charge is 2.37. The van der Waals surface area contributed by atoms with Crippen molar-refractivity contribution in [2.75, 3.05) is 20.2 Å². The van der Waals surface area contributed by atoms with Gasteiger partial charge in [0.2, 0.25) is 10.0 Å². The Morgan fingerprint density at radius 3 is 2.74 bits per heavy atom. The van der Waals surface area contributed by atoms with E-state index < -0.39 is 15.7 Å². The molecule has 1 aliphatic heterocycles. The van der Waals surface area contributed by atoms with Crippen LogP contribution in [0.2, 0.25) is 0 Å². The molecule has 7 nitrogen and oxygen atoms in total. The van der Waals surface area contributed by atoms with Crippen molar-refractivity contribution in [2.45, 2.75) is 37.2 Å². The first-order chi connectivity index (χ1) is 10.7. The zero-order valence-electron chi connectivity index (χ0n) is 13.6. The van der Waals surface area contributed by atoms with Crippen LogP contribution in [-0.2, 0) is 10.0 Å². The van der Waals surface area contributed by atoms with Crippen molar-refractivity contribution in [2.24, 2.45) is 5.14 Å². The van der Waals surface area contributed by atoms with Gasteiger partial charge in [0.1, 0.15) is 5.75 Å². The SMILES string of the molecule is CCN1CCCC1(C)NC(=O)c1cc(S(N)(=O)=O)ccc1OC. The zero-order valence-corrected chi connectivity index (χ0v) is 14.4. The molecule has 1 aromatic carbocycles. The Kier molecular flexibility index (Phi) is 4.98. The number of rotatable bonds is 5. The number of hydrogen-bond acceptors (Lipinski definition) is 5. The molecule has 1 heterocycles. The molecule has 0 saturated carbocycles. The summed E-state index contributed by atoms with van der Waals surface area (Å²) in [4.78, 5) is 14.7. The molecule has 128 valence electrons. The maximum Gasteiger partial charge on any atom is 0.256 e. The second-order valence-electron chi connectivity index (χ2n) is 5.82. The average Bonchev–Trinajstić information content (AvgIpc) is 2.85. The third-order valence-corrected chi connectivity index (χ3v) is 5.21. The average molecular weight is 341 g/mol. The zero-order chi connectivity index (χ0) is 17.3. The van der Waals surface area contributed by atoms with Crippen LogP contribution in [0.25, 0.3) is 0 Å². The van der Waals surface area contributed by atoms with E-state index in [2.05, 4.69) is 10.2 Å². The summed E-state index contributed by atoms with van der Waals surface area (Å²) in [5, 5.41) is 8.14. The highest BCUT2D eigenvalue weighted by molar-refractivity contribution is 7.89. The number of benzene rings is 1. The Hall–Kier alpha value is -1.64. The maximum absolute atomic E-state index is 12.7. The molecule has 1 aromatic rings. The number of amides is 1. The third-order valence-electron chi connectivity index (χ3n) is 4.30. The van der Waals surface area contributed by atoms with Crippen molar-refractivity contribution in [1.82, 2.24) is 10.2 Å². The Bertz CT molecular complexity index is 705. The molecule has 2 rings (SSSR count). The van der Waals surface area contributed by atoms with Crippen LogP contribution in [0.4, 0.5) is 0 Å². The van der Waals surface area contributed by atoms with E-state index in [0.29, 0.717) is 5.75 Å². The summed E-state index contributed by atoms with van der Waals surface area (Å²) in [7, 11) is -2.46. The van der Waals surface area contributed by atoms with E-state index in [4.69, 9.17) is 9.88 Å². The number of primary sulfonamides is 1. The molecule has 0 aromatic heterocycles. The van der Waals surface area contributed by atoms with Gasteiger partial charge in [-0.25, -0.2) is 13.6 Å². The number of methoxy groups -OCH3 is 1. The molecule has 0 spiro atoms. The quantitative estimate of drug-likeness (QED) is 0.829. The van der Waals surface area contributed by atoms with E-state index >= 15 is 0 Å². The number of sulfonamides is 1. The van der Waals surface area contributed by atoms with Crippen LogP contribution in [0.1, 0.15) is 37.0 Å². The minimum Gasteiger partial charge on any atom is -0.496 e. The first kappa shape index (κ1) is 17.7. The fourth-order valence-electron chi connectivity index (χ4n) is 3.02. The summed E-state index contributed by atoms with van der Waals surface area (Å²) in [5.74, 6) is -0.0743. The van der Waals surface area contributed by atoms with Crippen LogP contribution in [-0.4, -0.2) is 45.1 Å². The molecule has 1 amide bonds. The van der Waals surface area contributed by atoms with Crippen molar-refractivity contribution < 1.29 is 17.9 Å². The molecule has 1 saturated heterocycles. The molecule has 1 unspecified atom stereocenters. The number of carbonyl (C=O) groups excluding carboxylic acids is 1. The molecular weight excluding hydrogens is 318 g/mol. The van der Waals surface area contributed by atoms with Crippen molar-refractivity contribution in [3.05, 3.63) is 23.8 Å². The maximum atomic E-state index is 12.7. The summed E-state index contributed by atoms with van der Waals surface area (Å²) in [6, 6.07) is 4.00. The number of nitrogens with one attached hydrogen (secondary N) is 1. The van der Waals surface area contributed by atoms with Crippen LogP contribution < -0.4 is 15.2 Å². The molecule has 0 aliphatic carbocycles. The first-order valence-electron chi connectivity index (χ1n) is 7.49. The summed E-state index contributed by atoms with van der Waals surface area (Å²) in [5.41, 5.74) is -0.294. The Balaban J connectivity index is 2.35. The summed E-state index contributed by atoms with van der Waals surface area (Å²) >= 11 is 0. The molecule has 0 bridgehead atoms. The third kappa shape index (κ3) is 3.65. The van der Waals surface area contributed by atoms with Crippen LogP contribution >= 0.6 is 0 Å². The van der Waals surface area contributed by atoms with Gasteiger partial charge in [-0.2, -0.15) is 0 Å². The van der Waals surface area contributed by atoms with Gasteiger partial charge in [0.05, 0.1) is 23.2 Å². The molecule has 1 fully saturated rings. The Morgan fingerprint density at radius 2 is 2.17 bits per heavy atom. The van der Waals surface area contributed by atoms with Gasteiger partial charge in [-0.3, -0.25) is 9.69 Å². The van der Waals surface area contributed by atoms with Gasteiger partial charge in [-0.05, 0) is 44.5 Å². The van der Waals surface area contributed by atoms with E-state index in [0.717, 1.165) is 25.9 Å². The lowest BCUT2D eigenvalue weighted by molar-refractivity contribution is 0.0742. The van der Waals surface area contributed by atoms with Crippen LogP contribution in [0.5, 0.6) is 5.75 Å². The van der Waals surface area contributed by atoms with E-state index in [-0.39, 0.29) is 16.4 Å². The minimum absolute atomic E-state index is 0.118. The fourth-order valence-corrected chi connectivity index (χ4v) is 3.56. The van der Waals surface area contributed by atoms with E-state index in [1.807, 2.05) is 13.8 Å². The predicted octanol–water partition coefficient (Wildman–Crippen LogP) is 0.904. The van der Waals surface area contributed by atoms with Crippen molar-refractivity contribution in [3.63, 3.8) is 0 Å².